The van der Waals surface area contributed by atoms with Gasteiger partial charge in [-0.2, -0.15) is 8.61 Å². The topological polar surface area (TPSA) is 135 Å². The maximum absolute atomic E-state index is 13.0. The molecular weight excluding hydrogens is 995 g/mol. The van der Waals surface area contributed by atoms with E-state index >= 15 is 0 Å². The molecule has 6 aromatic rings. The quantitative estimate of drug-likeness (QED) is 0.123. The molecule has 2 aliphatic rings. The van der Waals surface area contributed by atoms with Crippen molar-refractivity contribution in [1.29, 1.82) is 0 Å². The smallest absolute Gasteiger partial charge is 0.243 e. The Morgan fingerprint density at radius 2 is 0.908 bits per heavy atom. The van der Waals surface area contributed by atoms with Crippen molar-refractivity contribution in [3.63, 3.8) is 0 Å². The highest BCUT2D eigenvalue weighted by Crippen LogP contribution is 2.42. The summed E-state index contributed by atoms with van der Waals surface area (Å²) in [4.78, 5) is 14.1. The number of rotatable bonds is 11. The van der Waals surface area contributed by atoms with E-state index in [0.29, 0.717) is 79.7 Å². The fourth-order valence-corrected chi connectivity index (χ4v) is 13.8. The first-order valence-electron chi connectivity index (χ1n) is 20.1. The molecule has 13 nitrogen and oxygen atoms in total. The van der Waals surface area contributed by atoms with Crippen LogP contribution in [0.4, 0.5) is 10.3 Å². The minimum Gasteiger partial charge on any atom is -0.493 e. The molecule has 0 aliphatic carbocycles. The van der Waals surface area contributed by atoms with Crippen LogP contribution in [-0.4, -0.2) is 109 Å². The van der Waals surface area contributed by atoms with E-state index in [1.165, 1.54) is 78.6 Å². The minimum absolute atomic E-state index is 0.0948. The lowest BCUT2D eigenvalue weighted by molar-refractivity contribution is 0.324. The summed E-state index contributed by atoms with van der Waals surface area (Å²) in [5, 5.41) is 6.94. The lowest BCUT2D eigenvalue weighted by Crippen LogP contribution is -2.48. The molecule has 2 aromatic heterocycles. The third kappa shape index (κ3) is 11.0. The van der Waals surface area contributed by atoms with Gasteiger partial charge in [0.05, 0.1) is 42.5 Å². The van der Waals surface area contributed by atoms with Crippen molar-refractivity contribution in [3.05, 3.63) is 108 Å². The Bertz CT molecular complexity index is 2830. The highest BCUT2D eigenvalue weighted by Gasteiger charge is 2.32. The molecule has 4 heterocycles. The van der Waals surface area contributed by atoms with Gasteiger partial charge in [0.25, 0.3) is 0 Å². The lowest BCUT2D eigenvalue weighted by Gasteiger charge is -2.33. The second kappa shape index (κ2) is 20.6. The predicted octanol–water partition coefficient (Wildman–Crippen LogP) is 10.2. The fourth-order valence-electron chi connectivity index (χ4n) is 7.77. The van der Waals surface area contributed by atoms with Crippen LogP contribution < -0.4 is 24.0 Å². The number of aryl methyl sites for hydroxylation is 3. The molecule has 0 amide bonds. The van der Waals surface area contributed by atoms with Crippen molar-refractivity contribution in [1.82, 2.24) is 18.6 Å². The van der Waals surface area contributed by atoms with Crippen LogP contribution in [0.1, 0.15) is 16.7 Å². The summed E-state index contributed by atoms with van der Waals surface area (Å²) < 4.78 is 71.3. The van der Waals surface area contributed by atoms with Gasteiger partial charge in [-0.1, -0.05) is 64.1 Å². The average Bonchev–Trinajstić information content (AvgIpc) is 3.97. The second-order valence-electron chi connectivity index (χ2n) is 15.2. The molecule has 0 unspecified atom stereocenters. The minimum atomic E-state index is -3.69. The summed E-state index contributed by atoms with van der Waals surface area (Å²) in [7, 11) is -2.64. The van der Waals surface area contributed by atoms with Crippen molar-refractivity contribution < 1.29 is 31.0 Å². The fraction of sp³-hybridized carbons (Fsp3) is 0.318. The van der Waals surface area contributed by atoms with E-state index in [2.05, 4.69) is 48.1 Å². The second-order valence-corrected chi connectivity index (χ2v) is 22.5. The number of hydrogen-bond acceptors (Lipinski definition) is 13. The summed E-state index contributed by atoms with van der Waals surface area (Å²) in [5.41, 5.74) is 7.41. The highest BCUT2D eigenvalue weighted by molar-refractivity contribution is 7.89. The van der Waals surface area contributed by atoms with Crippen LogP contribution in [-0.2, 0) is 20.0 Å². The van der Waals surface area contributed by atoms with Crippen LogP contribution >= 0.6 is 69.1 Å². The predicted molar refractivity (Wildman–Crippen MR) is 264 cm³/mol. The summed E-state index contributed by atoms with van der Waals surface area (Å²) in [6, 6.07) is 16.8. The Kier molecular flexibility index (Phi) is 15.5. The number of ether oxygens (including phenoxy) is 3. The summed E-state index contributed by atoms with van der Waals surface area (Å²) in [6.45, 7) is 9.90. The van der Waals surface area contributed by atoms with E-state index in [1.54, 1.807) is 32.7 Å². The maximum Gasteiger partial charge on any atom is 0.243 e. The van der Waals surface area contributed by atoms with Gasteiger partial charge in [-0.25, -0.2) is 26.8 Å². The monoisotopic (exact) mass is 1040 g/mol. The zero-order valence-corrected chi connectivity index (χ0v) is 42.6. The Hall–Kier alpha value is -3.88. The van der Waals surface area contributed by atoms with Gasteiger partial charge in [0.15, 0.2) is 21.8 Å². The number of halogens is 4. The molecule has 2 fully saturated rings. The van der Waals surface area contributed by atoms with Gasteiger partial charge in [0, 0.05) is 94.3 Å². The molecule has 0 saturated carbocycles. The molecule has 0 bridgehead atoms. The summed E-state index contributed by atoms with van der Waals surface area (Å²) >= 11 is 27.1. The van der Waals surface area contributed by atoms with Crippen LogP contribution in [0.5, 0.6) is 17.2 Å². The van der Waals surface area contributed by atoms with Gasteiger partial charge in [0.1, 0.15) is 0 Å². The average molecular weight is 1040 g/mol. The molecule has 65 heavy (non-hydrogen) atoms. The Balaban J connectivity index is 0.000000195. The van der Waals surface area contributed by atoms with Gasteiger partial charge in [-0.15, -0.1) is 22.7 Å². The molecule has 4 aromatic carbocycles. The Morgan fingerprint density at radius 1 is 0.523 bits per heavy atom. The molecule has 2 saturated heterocycles. The first-order chi connectivity index (χ1) is 30.9. The Labute approximate surface area is 408 Å². The Morgan fingerprint density at radius 3 is 1.29 bits per heavy atom. The number of anilines is 2. The van der Waals surface area contributed by atoms with Crippen LogP contribution in [0.25, 0.3) is 22.5 Å². The van der Waals surface area contributed by atoms with Crippen molar-refractivity contribution in [2.24, 2.45) is 0 Å². The summed E-state index contributed by atoms with van der Waals surface area (Å²) in [6.07, 6.45) is 0. The number of hydrogen-bond donors (Lipinski definition) is 0. The molecule has 0 N–H and O–H groups in total. The molecule has 346 valence electrons. The molecule has 8 rings (SSSR count). The van der Waals surface area contributed by atoms with E-state index in [9.17, 15) is 16.8 Å². The van der Waals surface area contributed by atoms with Crippen molar-refractivity contribution >= 4 is 99.4 Å². The standard InChI is InChI=1S/C22H23Cl2N3O5S2.C22H23Cl2N3O2S2/c1-30-19-8-14(9-20(31-2)21(19)32-3)18-13-33-22(25-18)26-4-6-27(7-5-26)34(28,29)17-11-15(23)10-16(24)12-17;1-14-8-15(2)21(16(3)9-14)20-13-30-22(25-20)26-4-6-27(7-5-26)31(28,29)19-11-17(23)10-18(24)12-19/h8-13H,4-7H2,1-3H3;8-13H,4-7H2,1-3H3. The zero-order chi connectivity index (χ0) is 46.8. The van der Waals surface area contributed by atoms with Crippen molar-refractivity contribution in [2.75, 3.05) is 83.5 Å². The van der Waals surface area contributed by atoms with Crippen molar-refractivity contribution in [3.8, 4) is 39.8 Å². The SMILES string of the molecule is COc1cc(-c2csc(N3CCN(S(=O)(=O)c4cc(Cl)cc(Cl)c4)CC3)n2)cc(OC)c1OC.Cc1cc(C)c(-c2csc(N3CCN(S(=O)(=O)c4cc(Cl)cc(Cl)c4)CC3)n2)c(C)c1. The normalized spacial score (nSPS) is 15.1. The number of aromatic nitrogens is 2. The number of thiazole rings is 2. The van der Waals surface area contributed by atoms with Crippen LogP contribution in [0.2, 0.25) is 20.1 Å². The van der Waals surface area contributed by atoms with Crippen LogP contribution in [0, 0.1) is 20.8 Å². The number of benzene rings is 4. The van der Waals surface area contributed by atoms with Gasteiger partial charge in [0.2, 0.25) is 25.8 Å². The number of nitrogens with zero attached hydrogens (tertiary/aromatic N) is 6. The zero-order valence-electron chi connectivity index (χ0n) is 36.3. The van der Waals surface area contributed by atoms with E-state index in [4.69, 9.17) is 70.6 Å². The van der Waals surface area contributed by atoms with Gasteiger partial charge < -0.3 is 24.0 Å². The third-order valence-electron chi connectivity index (χ3n) is 10.8. The number of piperazine rings is 2. The first kappa shape index (κ1) is 49.0. The van der Waals surface area contributed by atoms with Gasteiger partial charge in [-0.05, 0) is 80.4 Å². The van der Waals surface area contributed by atoms with Gasteiger partial charge in [-0.3, -0.25) is 0 Å². The molecule has 2 aliphatic heterocycles. The molecule has 0 atom stereocenters. The van der Waals surface area contributed by atoms with Crippen LogP contribution in [0.15, 0.2) is 81.2 Å². The maximum atomic E-state index is 13.0. The number of sulfonamides is 2. The van der Waals surface area contributed by atoms with E-state index in [-0.39, 0.29) is 19.8 Å². The van der Waals surface area contributed by atoms with Crippen molar-refractivity contribution in [2.45, 2.75) is 30.6 Å². The van der Waals surface area contributed by atoms with Gasteiger partial charge >= 0.3 is 0 Å². The van der Waals surface area contributed by atoms with E-state index < -0.39 is 20.0 Å². The summed E-state index contributed by atoms with van der Waals surface area (Å²) in [5.74, 6) is 1.61. The lowest BCUT2D eigenvalue weighted by atomic mass is 9.98. The van der Waals surface area contributed by atoms with E-state index in [0.717, 1.165) is 27.2 Å². The van der Waals surface area contributed by atoms with E-state index in [1.807, 2.05) is 17.5 Å². The highest BCUT2D eigenvalue weighted by atomic mass is 35.5. The molecule has 0 spiro atoms. The molecular formula is C44H46Cl4N6O7S4. The van der Waals surface area contributed by atoms with Crippen LogP contribution in [0.3, 0.4) is 0 Å². The largest absolute Gasteiger partial charge is 0.493 e. The molecule has 21 heteroatoms. The third-order valence-corrected chi connectivity index (χ3v) is 17.3. The first-order valence-corrected chi connectivity index (χ1v) is 26.3. The number of methoxy groups -OCH3 is 3. The molecule has 0 radical (unpaired) electrons.